The smallest absolute Gasteiger partial charge is 0.0249 e. The van der Waals surface area contributed by atoms with Crippen LogP contribution in [0, 0.1) is 0 Å². The van der Waals surface area contributed by atoms with E-state index in [2.05, 4.69) is 36.0 Å². The van der Waals surface area contributed by atoms with Crippen LogP contribution in [0.4, 0.5) is 0 Å². The lowest BCUT2D eigenvalue weighted by molar-refractivity contribution is 0.212. The third-order valence-corrected chi connectivity index (χ3v) is 3.11. The highest BCUT2D eigenvalue weighted by molar-refractivity contribution is 4.81. The zero-order chi connectivity index (χ0) is 10.6. The molecular formula is C11H25N3. The first-order valence-electron chi connectivity index (χ1n) is 5.63. The topological polar surface area (TPSA) is 18.5 Å². The van der Waals surface area contributed by atoms with Crippen molar-refractivity contribution >= 4 is 0 Å². The molecule has 0 unspecified atom stereocenters. The highest BCUT2D eigenvalue weighted by Gasteiger charge is 2.20. The minimum atomic E-state index is 0.239. The first-order chi connectivity index (χ1) is 6.53. The molecule has 0 saturated carbocycles. The van der Waals surface area contributed by atoms with Crippen LogP contribution in [0.2, 0.25) is 0 Å². The third kappa shape index (κ3) is 3.95. The van der Waals surface area contributed by atoms with E-state index in [1.54, 1.807) is 0 Å². The molecule has 14 heavy (non-hydrogen) atoms. The molecule has 0 amide bonds. The molecule has 0 aliphatic carbocycles. The van der Waals surface area contributed by atoms with Crippen LogP contribution in [0.15, 0.2) is 0 Å². The molecule has 3 heteroatoms. The fourth-order valence-corrected chi connectivity index (χ4v) is 1.90. The molecule has 84 valence electrons. The van der Waals surface area contributed by atoms with Gasteiger partial charge in [-0.1, -0.05) is 0 Å². The second-order valence-corrected chi connectivity index (χ2v) is 5.07. The van der Waals surface area contributed by atoms with Gasteiger partial charge in [0.15, 0.2) is 0 Å². The van der Waals surface area contributed by atoms with Crippen LogP contribution in [0.5, 0.6) is 0 Å². The molecule has 1 fully saturated rings. The minimum absolute atomic E-state index is 0.239. The summed E-state index contributed by atoms with van der Waals surface area (Å²) in [6.45, 7) is 10.6. The maximum absolute atomic E-state index is 3.36. The van der Waals surface area contributed by atoms with Gasteiger partial charge in [-0.3, -0.25) is 0 Å². The van der Waals surface area contributed by atoms with Gasteiger partial charge in [-0.05, 0) is 47.5 Å². The van der Waals surface area contributed by atoms with Crippen molar-refractivity contribution in [3.8, 4) is 0 Å². The maximum Gasteiger partial charge on any atom is 0.0249 e. The molecule has 0 aromatic carbocycles. The van der Waals surface area contributed by atoms with E-state index >= 15 is 0 Å². The second kappa shape index (κ2) is 5.10. The van der Waals surface area contributed by atoms with E-state index in [-0.39, 0.29) is 5.54 Å². The Hall–Kier alpha value is -0.120. The van der Waals surface area contributed by atoms with Gasteiger partial charge in [0.2, 0.25) is 0 Å². The van der Waals surface area contributed by atoms with Gasteiger partial charge < -0.3 is 15.1 Å². The van der Waals surface area contributed by atoms with Crippen LogP contribution in [0.1, 0.15) is 20.3 Å². The van der Waals surface area contributed by atoms with Gasteiger partial charge in [0.25, 0.3) is 0 Å². The van der Waals surface area contributed by atoms with E-state index in [1.165, 1.54) is 32.6 Å². The van der Waals surface area contributed by atoms with Crippen LogP contribution >= 0.6 is 0 Å². The molecule has 3 nitrogen and oxygen atoms in total. The number of nitrogens with one attached hydrogen (secondary N) is 1. The van der Waals surface area contributed by atoms with Gasteiger partial charge in [-0.2, -0.15) is 0 Å². The van der Waals surface area contributed by atoms with E-state index in [9.17, 15) is 0 Å². The number of likely N-dealkylation sites (N-methyl/N-ethyl adjacent to an activating group) is 2. The molecule has 1 N–H and O–H groups in total. The van der Waals surface area contributed by atoms with Crippen LogP contribution in [0.3, 0.4) is 0 Å². The predicted molar refractivity (Wildman–Crippen MR) is 61.7 cm³/mol. The van der Waals surface area contributed by atoms with Gasteiger partial charge >= 0.3 is 0 Å². The quantitative estimate of drug-likeness (QED) is 0.719. The van der Waals surface area contributed by atoms with Crippen molar-refractivity contribution in [3.63, 3.8) is 0 Å². The van der Waals surface area contributed by atoms with Crippen LogP contribution < -0.4 is 5.32 Å². The third-order valence-electron chi connectivity index (χ3n) is 3.11. The molecule has 1 rings (SSSR count). The molecule has 0 aromatic heterocycles. The fraction of sp³-hybridized carbons (Fsp3) is 1.00. The average molecular weight is 199 g/mol. The summed E-state index contributed by atoms with van der Waals surface area (Å²) in [5.74, 6) is 0. The molecule has 1 saturated heterocycles. The van der Waals surface area contributed by atoms with E-state index in [0.29, 0.717) is 0 Å². The van der Waals surface area contributed by atoms with Gasteiger partial charge in [0.05, 0.1) is 0 Å². The van der Waals surface area contributed by atoms with Gasteiger partial charge in [-0.25, -0.2) is 0 Å². The minimum Gasteiger partial charge on any atom is -0.314 e. The molecular weight excluding hydrogens is 174 g/mol. The Bertz CT molecular complexity index is 168. The van der Waals surface area contributed by atoms with Crippen molar-refractivity contribution in [1.29, 1.82) is 0 Å². The summed E-state index contributed by atoms with van der Waals surface area (Å²) in [5.41, 5.74) is 0.239. The lowest BCUT2D eigenvalue weighted by Crippen LogP contribution is -2.48. The van der Waals surface area contributed by atoms with E-state index in [0.717, 1.165) is 6.54 Å². The van der Waals surface area contributed by atoms with E-state index < -0.39 is 0 Å². The van der Waals surface area contributed by atoms with Crippen molar-refractivity contribution in [2.24, 2.45) is 0 Å². The molecule has 1 aliphatic rings. The summed E-state index contributed by atoms with van der Waals surface area (Å²) in [6, 6.07) is 0. The lowest BCUT2D eigenvalue weighted by Gasteiger charge is -2.31. The van der Waals surface area contributed by atoms with Crippen molar-refractivity contribution in [1.82, 2.24) is 15.1 Å². The lowest BCUT2D eigenvalue weighted by atomic mass is 10.1. The summed E-state index contributed by atoms with van der Waals surface area (Å²) >= 11 is 0. The van der Waals surface area contributed by atoms with E-state index in [1.807, 2.05) is 7.05 Å². The Labute approximate surface area is 88.5 Å². The zero-order valence-corrected chi connectivity index (χ0v) is 10.1. The van der Waals surface area contributed by atoms with E-state index in [4.69, 9.17) is 0 Å². The Kier molecular flexibility index (Phi) is 4.35. The zero-order valence-electron chi connectivity index (χ0n) is 10.1. The Balaban J connectivity index is 2.37. The first-order valence-corrected chi connectivity index (χ1v) is 5.63. The SMILES string of the molecule is CNC(C)(C)CN1CCCN(C)CC1. The van der Waals surface area contributed by atoms with Crippen molar-refractivity contribution in [3.05, 3.63) is 0 Å². The fourth-order valence-electron chi connectivity index (χ4n) is 1.90. The standard InChI is InChI=1S/C11H25N3/c1-11(2,12-3)10-14-7-5-6-13(4)8-9-14/h12H,5-10H2,1-4H3. The number of hydrogen-bond acceptors (Lipinski definition) is 3. The Morgan fingerprint density at radius 2 is 1.86 bits per heavy atom. The molecule has 0 spiro atoms. The summed E-state index contributed by atoms with van der Waals surface area (Å²) in [5, 5.41) is 3.36. The molecule has 0 atom stereocenters. The monoisotopic (exact) mass is 199 g/mol. The van der Waals surface area contributed by atoms with Crippen LogP contribution in [-0.2, 0) is 0 Å². The Morgan fingerprint density at radius 1 is 1.14 bits per heavy atom. The van der Waals surface area contributed by atoms with Crippen molar-refractivity contribution in [2.45, 2.75) is 25.8 Å². The summed E-state index contributed by atoms with van der Waals surface area (Å²) in [7, 11) is 4.26. The van der Waals surface area contributed by atoms with Gasteiger partial charge in [0.1, 0.15) is 0 Å². The normalized spacial score (nSPS) is 22.3. The number of hydrogen-bond donors (Lipinski definition) is 1. The second-order valence-electron chi connectivity index (χ2n) is 5.07. The summed E-state index contributed by atoms with van der Waals surface area (Å²) < 4.78 is 0. The van der Waals surface area contributed by atoms with Crippen molar-refractivity contribution < 1.29 is 0 Å². The van der Waals surface area contributed by atoms with Crippen LogP contribution in [0.25, 0.3) is 0 Å². The summed E-state index contributed by atoms with van der Waals surface area (Å²) in [4.78, 5) is 4.99. The highest BCUT2D eigenvalue weighted by atomic mass is 15.2. The Morgan fingerprint density at radius 3 is 2.50 bits per heavy atom. The van der Waals surface area contributed by atoms with Gasteiger partial charge in [-0.15, -0.1) is 0 Å². The molecule has 0 bridgehead atoms. The molecule has 1 heterocycles. The number of rotatable bonds is 3. The molecule has 1 aliphatic heterocycles. The van der Waals surface area contributed by atoms with Crippen LogP contribution in [-0.4, -0.2) is 62.2 Å². The average Bonchev–Trinajstić information content (AvgIpc) is 2.31. The number of nitrogens with zero attached hydrogens (tertiary/aromatic N) is 2. The first kappa shape index (κ1) is 12.0. The predicted octanol–water partition coefficient (Wildman–Crippen LogP) is 0.622. The largest absolute Gasteiger partial charge is 0.314 e. The molecule has 0 aromatic rings. The van der Waals surface area contributed by atoms with Gasteiger partial charge in [0, 0.05) is 25.2 Å². The summed E-state index contributed by atoms with van der Waals surface area (Å²) in [6.07, 6.45) is 1.30. The van der Waals surface area contributed by atoms with Crippen molar-refractivity contribution in [2.75, 3.05) is 46.8 Å². The highest BCUT2D eigenvalue weighted by Crippen LogP contribution is 2.08. The maximum atomic E-state index is 3.36. The molecule has 0 radical (unpaired) electrons.